The molecule has 2 aromatic rings. The van der Waals surface area contributed by atoms with Crippen LogP contribution in [0.3, 0.4) is 0 Å². The summed E-state index contributed by atoms with van der Waals surface area (Å²) in [6.45, 7) is 8.85. The van der Waals surface area contributed by atoms with Crippen LogP contribution in [0.25, 0.3) is 10.8 Å². The van der Waals surface area contributed by atoms with Crippen LogP contribution in [0.4, 0.5) is 0 Å². The van der Waals surface area contributed by atoms with Crippen LogP contribution in [0, 0.1) is 0 Å². The molecule has 0 radical (unpaired) electrons. The molecule has 1 heteroatoms. The van der Waals surface area contributed by atoms with Gasteiger partial charge < -0.3 is 0 Å². The highest BCUT2D eigenvalue weighted by atomic mass is 32.2. The largest absolute Gasteiger partial charge is 0.122 e. The minimum absolute atomic E-state index is 1.05. The van der Waals surface area contributed by atoms with Gasteiger partial charge in [0.15, 0.2) is 0 Å². The van der Waals surface area contributed by atoms with Crippen molar-refractivity contribution in [2.75, 3.05) is 5.75 Å². The van der Waals surface area contributed by atoms with Crippen LogP contribution >= 0.6 is 11.8 Å². The van der Waals surface area contributed by atoms with Gasteiger partial charge in [-0.25, -0.2) is 0 Å². The van der Waals surface area contributed by atoms with Crippen LogP contribution in [0.2, 0.25) is 0 Å². The maximum absolute atomic E-state index is 2.41. The Morgan fingerprint density at radius 2 is 1.42 bits per heavy atom. The van der Waals surface area contributed by atoms with Crippen LogP contribution in [0.1, 0.15) is 53.4 Å². The summed E-state index contributed by atoms with van der Waals surface area (Å²) in [5.41, 5.74) is 4.42. The monoisotopic (exact) mass is 364 g/mol. The van der Waals surface area contributed by atoms with Crippen LogP contribution < -0.4 is 0 Å². The topological polar surface area (TPSA) is 0 Å². The molecule has 0 spiro atoms. The zero-order chi connectivity index (χ0) is 18.8. The van der Waals surface area contributed by atoms with Gasteiger partial charge in [-0.05, 0) is 76.3 Å². The van der Waals surface area contributed by atoms with E-state index >= 15 is 0 Å². The second-order valence-corrected chi connectivity index (χ2v) is 8.37. The van der Waals surface area contributed by atoms with Gasteiger partial charge in [0, 0.05) is 10.6 Å². The minimum atomic E-state index is 1.05. The van der Waals surface area contributed by atoms with Crippen LogP contribution in [0.5, 0.6) is 0 Å². The van der Waals surface area contributed by atoms with Crippen LogP contribution in [-0.2, 0) is 0 Å². The Bertz CT molecular complexity index is 789. The summed E-state index contributed by atoms with van der Waals surface area (Å²) >= 11 is 1.92. The van der Waals surface area contributed by atoms with Crippen molar-refractivity contribution in [3.63, 3.8) is 0 Å². The van der Waals surface area contributed by atoms with E-state index in [4.69, 9.17) is 0 Å². The first-order valence-electron chi connectivity index (χ1n) is 9.61. The molecular weight excluding hydrogens is 332 g/mol. The molecule has 0 amide bonds. The Morgan fingerprint density at radius 1 is 0.769 bits per heavy atom. The van der Waals surface area contributed by atoms with Crippen LogP contribution in [-0.4, -0.2) is 5.75 Å². The highest BCUT2D eigenvalue weighted by molar-refractivity contribution is 7.99. The van der Waals surface area contributed by atoms with Crippen molar-refractivity contribution in [3.05, 3.63) is 77.4 Å². The first kappa shape index (κ1) is 20.6. The van der Waals surface area contributed by atoms with Gasteiger partial charge in [0.05, 0.1) is 0 Å². The Hall–Kier alpha value is -1.73. The van der Waals surface area contributed by atoms with E-state index in [0.29, 0.717) is 0 Å². The molecule has 138 valence electrons. The van der Waals surface area contributed by atoms with Crippen molar-refractivity contribution < 1.29 is 0 Å². The SMILES string of the molecule is CC(C)=CCCC(C)=CCCC(C)=CCSc1ccc2ccccc2c1. The smallest absolute Gasteiger partial charge is 0.0163 e. The number of benzene rings is 2. The van der Waals surface area contributed by atoms with E-state index in [0.717, 1.165) is 18.6 Å². The van der Waals surface area contributed by atoms with Gasteiger partial charge in [-0.2, -0.15) is 0 Å². The zero-order valence-electron chi connectivity index (χ0n) is 16.7. The predicted octanol–water partition coefficient (Wildman–Crippen LogP) is 8.35. The van der Waals surface area contributed by atoms with Gasteiger partial charge >= 0.3 is 0 Å². The zero-order valence-corrected chi connectivity index (χ0v) is 17.5. The van der Waals surface area contributed by atoms with E-state index in [1.54, 1.807) is 0 Å². The van der Waals surface area contributed by atoms with Gasteiger partial charge in [0.25, 0.3) is 0 Å². The molecule has 2 rings (SSSR count). The summed E-state index contributed by atoms with van der Waals surface area (Å²) in [6.07, 6.45) is 11.8. The third-order valence-corrected chi connectivity index (χ3v) is 5.45. The highest BCUT2D eigenvalue weighted by Crippen LogP contribution is 2.24. The number of allylic oxidation sites excluding steroid dienone is 5. The minimum Gasteiger partial charge on any atom is -0.122 e. The van der Waals surface area contributed by atoms with Crippen molar-refractivity contribution >= 4 is 22.5 Å². The number of hydrogen-bond donors (Lipinski definition) is 0. The summed E-state index contributed by atoms with van der Waals surface area (Å²) in [5, 5.41) is 2.64. The molecule has 0 aliphatic heterocycles. The summed E-state index contributed by atoms with van der Waals surface area (Å²) in [6, 6.07) is 15.3. The molecule has 2 aromatic carbocycles. The molecular formula is C25H32S. The molecule has 0 nitrogen and oxygen atoms in total. The lowest BCUT2D eigenvalue weighted by molar-refractivity contribution is 0.917. The second kappa shape index (κ2) is 11.1. The molecule has 0 saturated heterocycles. The number of thioether (sulfide) groups is 1. The average Bonchev–Trinajstić information content (AvgIpc) is 2.61. The quantitative estimate of drug-likeness (QED) is 0.318. The van der Waals surface area contributed by atoms with Crippen LogP contribution in [0.15, 0.2) is 82.3 Å². The molecule has 0 aromatic heterocycles. The van der Waals surface area contributed by atoms with E-state index in [1.165, 1.54) is 45.2 Å². The fraction of sp³-hybridized carbons (Fsp3) is 0.360. The summed E-state index contributed by atoms with van der Waals surface area (Å²) < 4.78 is 0. The number of hydrogen-bond acceptors (Lipinski definition) is 1. The van der Waals surface area contributed by atoms with Gasteiger partial charge in [0.2, 0.25) is 0 Å². The average molecular weight is 365 g/mol. The Labute approximate surface area is 164 Å². The highest BCUT2D eigenvalue weighted by Gasteiger charge is 1.97. The second-order valence-electron chi connectivity index (χ2n) is 7.28. The summed E-state index contributed by atoms with van der Waals surface area (Å²) in [5.74, 6) is 1.05. The standard InChI is InChI=1S/C25H32S/c1-20(2)9-7-10-21(3)11-8-12-22(4)17-18-26-25-16-15-23-13-5-6-14-24(23)19-25/h5-6,9,11,13-17,19H,7-8,10,12,18H2,1-4H3. The molecule has 0 atom stereocenters. The molecule has 0 bridgehead atoms. The fourth-order valence-electron chi connectivity index (χ4n) is 2.88. The molecule has 0 aliphatic rings. The molecule has 0 aliphatic carbocycles. The van der Waals surface area contributed by atoms with Gasteiger partial charge in [-0.3, -0.25) is 0 Å². The molecule has 0 fully saturated rings. The molecule has 0 saturated carbocycles. The van der Waals surface area contributed by atoms with E-state index < -0.39 is 0 Å². The van der Waals surface area contributed by atoms with E-state index in [-0.39, 0.29) is 0 Å². The van der Waals surface area contributed by atoms with E-state index in [9.17, 15) is 0 Å². The fourth-order valence-corrected chi connectivity index (χ4v) is 3.81. The predicted molar refractivity (Wildman–Crippen MR) is 120 cm³/mol. The molecule has 26 heavy (non-hydrogen) atoms. The Morgan fingerprint density at radius 3 is 2.15 bits per heavy atom. The van der Waals surface area contributed by atoms with Crippen molar-refractivity contribution in [1.29, 1.82) is 0 Å². The lowest BCUT2D eigenvalue weighted by Gasteiger charge is -2.04. The lowest BCUT2D eigenvalue weighted by atomic mass is 10.1. The third kappa shape index (κ3) is 7.66. The van der Waals surface area contributed by atoms with Crippen molar-refractivity contribution in [1.82, 2.24) is 0 Å². The van der Waals surface area contributed by atoms with Gasteiger partial charge in [0.1, 0.15) is 0 Å². The maximum atomic E-state index is 2.41. The van der Waals surface area contributed by atoms with E-state index in [2.05, 4.69) is 88.4 Å². The normalized spacial score (nSPS) is 12.5. The van der Waals surface area contributed by atoms with Crippen molar-refractivity contribution in [2.45, 2.75) is 58.3 Å². The number of fused-ring (bicyclic) bond motifs is 1. The first-order chi connectivity index (χ1) is 12.5. The Kier molecular flexibility index (Phi) is 8.77. The lowest BCUT2D eigenvalue weighted by Crippen LogP contribution is -1.82. The van der Waals surface area contributed by atoms with Crippen molar-refractivity contribution in [3.8, 4) is 0 Å². The summed E-state index contributed by atoms with van der Waals surface area (Å²) in [7, 11) is 0. The molecule has 0 heterocycles. The Balaban J connectivity index is 1.74. The van der Waals surface area contributed by atoms with Gasteiger partial charge in [-0.1, -0.05) is 65.3 Å². The number of rotatable bonds is 9. The van der Waals surface area contributed by atoms with E-state index in [1.807, 2.05) is 11.8 Å². The summed E-state index contributed by atoms with van der Waals surface area (Å²) in [4.78, 5) is 1.35. The van der Waals surface area contributed by atoms with Crippen molar-refractivity contribution in [2.24, 2.45) is 0 Å². The first-order valence-corrected chi connectivity index (χ1v) is 10.6. The molecule has 0 unspecified atom stereocenters. The molecule has 0 N–H and O–H groups in total. The maximum Gasteiger partial charge on any atom is 0.0163 e. The third-order valence-electron chi connectivity index (χ3n) is 4.53. The van der Waals surface area contributed by atoms with Gasteiger partial charge in [-0.15, -0.1) is 11.8 Å².